The molecule has 0 aromatic carbocycles. The molecule has 12 heavy (non-hydrogen) atoms. The van der Waals surface area contributed by atoms with Crippen molar-refractivity contribution in [2.45, 2.75) is 38.2 Å². The molecule has 68 valence electrons. The monoisotopic (exact) mass is 166 g/mol. The highest BCUT2D eigenvalue weighted by atomic mass is 16.3. The topological polar surface area (TPSA) is 20.2 Å². The molecule has 0 spiro atoms. The maximum absolute atomic E-state index is 9.43. The predicted molar refractivity (Wildman–Crippen MR) is 49.8 cm³/mol. The summed E-state index contributed by atoms with van der Waals surface area (Å²) >= 11 is 0. The highest BCUT2D eigenvalue weighted by molar-refractivity contribution is 4.92. The molecular weight excluding hydrogens is 148 g/mol. The zero-order valence-electron chi connectivity index (χ0n) is 7.58. The summed E-state index contributed by atoms with van der Waals surface area (Å²) in [6, 6.07) is 0. The molecule has 0 amide bonds. The number of aliphatic hydroxyl groups is 1. The van der Waals surface area contributed by atoms with Gasteiger partial charge in [0, 0.05) is 0 Å². The molecule has 0 aromatic rings. The van der Waals surface area contributed by atoms with Crippen molar-refractivity contribution in [3.05, 3.63) is 12.7 Å². The van der Waals surface area contributed by atoms with E-state index in [0.717, 1.165) is 24.2 Å². The van der Waals surface area contributed by atoms with E-state index in [9.17, 15) is 5.11 Å². The Bertz CT molecular complexity index is 176. The maximum atomic E-state index is 9.43. The number of rotatable bonds is 3. The molecule has 0 heterocycles. The van der Waals surface area contributed by atoms with E-state index in [1.807, 2.05) is 0 Å². The van der Waals surface area contributed by atoms with Gasteiger partial charge in [0.15, 0.2) is 0 Å². The number of hydrogen-bond donors (Lipinski definition) is 1. The lowest BCUT2D eigenvalue weighted by Crippen LogP contribution is -2.16. The molecule has 0 aromatic heterocycles. The zero-order chi connectivity index (χ0) is 8.55. The summed E-state index contributed by atoms with van der Waals surface area (Å²) in [7, 11) is 0. The second-order valence-electron chi connectivity index (χ2n) is 4.47. The minimum atomic E-state index is -0.255. The van der Waals surface area contributed by atoms with E-state index in [1.54, 1.807) is 6.08 Å². The number of aliphatic hydroxyl groups excluding tert-OH is 1. The van der Waals surface area contributed by atoms with Crippen LogP contribution in [-0.2, 0) is 0 Å². The van der Waals surface area contributed by atoms with Crippen LogP contribution in [0.5, 0.6) is 0 Å². The van der Waals surface area contributed by atoms with Crippen molar-refractivity contribution in [2.75, 3.05) is 0 Å². The first-order chi connectivity index (χ1) is 5.79. The second-order valence-corrected chi connectivity index (χ2v) is 4.47. The van der Waals surface area contributed by atoms with E-state index < -0.39 is 0 Å². The third-order valence-corrected chi connectivity index (χ3v) is 3.70. The van der Waals surface area contributed by atoms with Gasteiger partial charge in [0.25, 0.3) is 0 Å². The first-order valence-corrected chi connectivity index (χ1v) is 5.10. The minimum Gasteiger partial charge on any atom is -0.389 e. The van der Waals surface area contributed by atoms with Crippen molar-refractivity contribution < 1.29 is 5.11 Å². The van der Waals surface area contributed by atoms with Crippen molar-refractivity contribution in [1.82, 2.24) is 0 Å². The van der Waals surface area contributed by atoms with E-state index in [0.29, 0.717) is 0 Å². The van der Waals surface area contributed by atoms with Crippen LogP contribution >= 0.6 is 0 Å². The van der Waals surface area contributed by atoms with Gasteiger partial charge in [-0.25, -0.2) is 0 Å². The summed E-state index contributed by atoms with van der Waals surface area (Å²) in [5, 5.41) is 9.43. The van der Waals surface area contributed by atoms with Gasteiger partial charge in [-0.1, -0.05) is 12.5 Å². The Morgan fingerprint density at radius 2 is 2.25 bits per heavy atom. The summed E-state index contributed by atoms with van der Waals surface area (Å²) in [6.45, 7) is 3.61. The summed E-state index contributed by atoms with van der Waals surface area (Å²) in [5.41, 5.74) is 0. The lowest BCUT2D eigenvalue weighted by Gasteiger charge is -2.22. The van der Waals surface area contributed by atoms with Crippen molar-refractivity contribution >= 4 is 0 Å². The molecular formula is C11H18O. The van der Waals surface area contributed by atoms with Gasteiger partial charge in [0.2, 0.25) is 0 Å². The van der Waals surface area contributed by atoms with Crippen LogP contribution in [0.25, 0.3) is 0 Å². The molecule has 2 saturated carbocycles. The van der Waals surface area contributed by atoms with Gasteiger partial charge < -0.3 is 5.11 Å². The quantitative estimate of drug-likeness (QED) is 0.638. The fraction of sp³-hybridized carbons (Fsp3) is 0.818. The van der Waals surface area contributed by atoms with Gasteiger partial charge >= 0.3 is 0 Å². The van der Waals surface area contributed by atoms with Gasteiger partial charge in [-0.2, -0.15) is 0 Å². The van der Waals surface area contributed by atoms with Gasteiger partial charge in [0.1, 0.15) is 0 Å². The summed E-state index contributed by atoms with van der Waals surface area (Å²) in [4.78, 5) is 0. The van der Waals surface area contributed by atoms with Crippen LogP contribution < -0.4 is 0 Å². The van der Waals surface area contributed by atoms with Crippen LogP contribution in [0.15, 0.2) is 12.7 Å². The molecule has 0 aliphatic heterocycles. The fourth-order valence-electron chi connectivity index (χ4n) is 3.07. The molecule has 0 unspecified atom stereocenters. The Hall–Kier alpha value is -0.300. The van der Waals surface area contributed by atoms with Crippen molar-refractivity contribution in [3.63, 3.8) is 0 Å². The van der Waals surface area contributed by atoms with Gasteiger partial charge in [-0.3, -0.25) is 0 Å². The van der Waals surface area contributed by atoms with Crippen molar-refractivity contribution in [1.29, 1.82) is 0 Å². The van der Waals surface area contributed by atoms with Crippen LogP contribution in [0.4, 0.5) is 0 Å². The van der Waals surface area contributed by atoms with Crippen molar-refractivity contribution in [2.24, 2.45) is 17.8 Å². The SMILES string of the molecule is C=C[C@@H](O)C[C@@H]1C[C@H]2CC[C@H]1C2. The third-order valence-electron chi connectivity index (χ3n) is 3.70. The van der Waals surface area contributed by atoms with Crippen molar-refractivity contribution in [3.8, 4) is 0 Å². The lowest BCUT2D eigenvalue weighted by molar-refractivity contribution is 0.163. The zero-order valence-corrected chi connectivity index (χ0v) is 7.58. The molecule has 0 radical (unpaired) electrons. The molecule has 2 aliphatic carbocycles. The molecule has 1 N–H and O–H groups in total. The van der Waals surface area contributed by atoms with Crippen LogP contribution in [0.3, 0.4) is 0 Å². The van der Waals surface area contributed by atoms with E-state index >= 15 is 0 Å². The number of fused-ring (bicyclic) bond motifs is 2. The average Bonchev–Trinajstić information content (AvgIpc) is 2.64. The summed E-state index contributed by atoms with van der Waals surface area (Å²) in [5.74, 6) is 2.73. The normalized spacial score (nSPS) is 41.6. The maximum Gasteiger partial charge on any atom is 0.0721 e. The Labute approximate surface area is 74.5 Å². The smallest absolute Gasteiger partial charge is 0.0721 e. The highest BCUT2D eigenvalue weighted by Gasteiger charge is 2.39. The van der Waals surface area contributed by atoms with E-state index in [4.69, 9.17) is 0 Å². The van der Waals surface area contributed by atoms with Crippen LogP contribution in [-0.4, -0.2) is 11.2 Å². The number of hydrogen-bond acceptors (Lipinski definition) is 1. The van der Waals surface area contributed by atoms with E-state index in [-0.39, 0.29) is 6.10 Å². The lowest BCUT2D eigenvalue weighted by atomic mass is 9.85. The van der Waals surface area contributed by atoms with E-state index in [2.05, 4.69) is 6.58 Å². The van der Waals surface area contributed by atoms with Crippen LogP contribution in [0.2, 0.25) is 0 Å². The van der Waals surface area contributed by atoms with Gasteiger partial charge in [-0.05, 0) is 43.4 Å². The average molecular weight is 166 g/mol. The molecule has 2 fully saturated rings. The third kappa shape index (κ3) is 1.42. The first kappa shape index (κ1) is 8.31. The molecule has 1 nitrogen and oxygen atoms in total. The van der Waals surface area contributed by atoms with E-state index in [1.165, 1.54) is 25.7 Å². The standard InChI is InChI=1S/C11H18O/c1-2-11(12)7-10-6-8-3-4-9(10)5-8/h2,8-12H,1,3-7H2/t8-,9-,10-,11+/m0/s1. The van der Waals surface area contributed by atoms with Crippen LogP contribution in [0, 0.1) is 17.8 Å². The fourth-order valence-corrected chi connectivity index (χ4v) is 3.07. The Morgan fingerprint density at radius 3 is 2.75 bits per heavy atom. The van der Waals surface area contributed by atoms with Gasteiger partial charge in [-0.15, -0.1) is 6.58 Å². The Balaban J connectivity index is 1.86. The summed E-state index contributed by atoms with van der Waals surface area (Å²) in [6.07, 6.45) is 8.06. The first-order valence-electron chi connectivity index (χ1n) is 5.10. The highest BCUT2D eigenvalue weighted by Crippen LogP contribution is 2.49. The minimum absolute atomic E-state index is 0.255. The predicted octanol–water partition coefficient (Wildman–Crippen LogP) is 2.36. The van der Waals surface area contributed by atoms with Crippen LogP contribution in [0.1, 0.15) is 32.1 Å². The Kier molecular flexibility index (Phi) is 2.22. The largest absolute Gasteiger partial charge is 0.389 e. The molecule has 4 atom stereocenters. The summed E-state index contributed by atoms with van der Waals surface area (Å²) < 4.78 is 0. The molecule has 2 rings (SSSR count). The Morgan fingerprint density at radius 1 is 1.42 bits per heavy atom. The molecule has 0 saturated heterocycles. The second kappa shape index (κ2) is 3.21. The molecule has 2 aliphatic rings. The molecule has 2 bridgehead atoms. The van der Waals surface area contributed by atoms with Gasteiger partial charge in [0.05, 0.1) is 6.10 Å². The molecule has 1 heteroatoms.